The van der Waals surface area contributed by atoms with Gasteiger partial charge in [-0.1, -0.05) is 82.6 Å². The van der Waals surface area contributed by atoms with E-state index in [-0.39, 0.29) is 20.3 Å². The van der Waals surface area contributed by atoms with Gasteiger partial charge in [-0.05, 0) is 6.42 Å². The summed E-state index contributed by atoms with van der Waals surface area (Å²) < 4.78 is 0. The van der Waals surface area contributed by atoms with E-state index >= 15 is 0 Å². The molecule has 22 heavy (non-hydrogen) atoms. The summed E-state index contributed by atoms with van der Waals surface area (Å²) in [4.78, 5) is 0. The Hall–Kier alpha value is 0.0600. The van der Waals surface area contributed by atoms with Crippen LogP contribution >= 0.6 is 0 Å². The van der Waals surface area contributed by atoms with Gasteiger partial charge in [0, 0.05) is 0 Å². The summed E-state index contributed by atoms with van der Waals surface area (Å²) >= 11 is 1.58. The van der Waals surface area contributed by atoms with Crippen LogP contribution in [0.4, 0.5) is 0 Å². The van der Waals surface area contributed by atoms with Gasteiger partial charge in [0.25, 0.3) is 0 Å². The van der Waals surface area contributed by atoms with Gasteiger partial charge in [0.1, 0.15) is 0 Å². The van der Waals surface area contributed by atoms with Crippen LogP contribution in [0.1, 0.15) is 59.8 Å². The van der Waals surface area contributed by atoms with Gasteiger partial charge in [0.05, 0.1) is 0 Å². The van der Waals surface area contributed by atoms with E-state index in [9.17, 15) is 0 Å². The van der Waals surface area contributed by atoms with Gasteiger partial charge < -0.3 is 14.9 Å². The van der Waals surface area contributed by atoms with Crippen LogP contribution in [-0.4, -0.2) is 6.88 Å². The first-order chi connectivity index (χ1) is 9.73. The summed E-state index contributed by atoms with van der Waals surface area (Å²) in [7, 11) is 0. The fourth-order valence-electron chi connectivity index (χ4n) is 3.66. The summed E-state index contributed by atoms with van der Waals surface area (Å²) in [6, 6.07) is 0. The van der Waals surface area contributed by atoms with Crippen molar-refractivity contribution >= 4 is 6.88 Å². The molecule has 1 unspecified atom stereocenters. The Bertz CT molecular complexity index is 468. The Labute approximate surface area is 156 Å². The second-order valence-electron chi connectivity index (χ2n) is 5.20. The van der Waals surface area contributed by atoms with E-state index in [1.807, 2.05) is 6.88 Å². The molecule has 124 valence electrons. The van der Waals surface area contributed by atoms with Gasteiger partial charge in [0.15, 0.2) is 0 Å². The average molecular weight is 393 g/mol. The zero-order valence-corrected chi connectivity index (χ0v) is 19.3. The van der Waals surface area contributed by atoms with Gasteiger partial charge >= 0.3 is 30.2 Å². The van der Waals surface area contributed by atoms with Gasteiger partial charge in [-0.25, -0.2) is 5.57 Å². The Morgan fingerprint density at radius 3 is 2.09 bits per heavy atom. The zero-order valence-electron chi connectivity index (χ0n) is 15.5. The molecule has 0 spiro atoms. The van der Waals surface area contributed by atoms with E-state index < -0.39 is 0 Å². The Morgan fingerprint density at radius 1 is 1.09 bits per heavy atom. The first kappa shape index (κ1) is 24.3. The molecule has 0 N–H and O–H groups in total. The monoisotopic (exact) mass is 391 g/mol. The van der Waals surface area contributed by atoms with Crippen molar-refractivity contribution in [1.82, 2.24) is 0 Å². The normalized spacial score (nSPS) is 22.1. The summed E-state index contributed by atoms with van der Waals surface area (Å²) in [6.07, 6.45) is 16.4. The topological polar surface area (TPSA) is 0 Å². The van der Waals surface area contributed by atoms with Gasteiger partial charge in [-0.2, -0.15) is 11.1 Å². The number of allylic oxidation sites excluding steroid dienone is 8. The van der Waals surface area contributed by atoms with Crippen molar-refractivity contribution < 1.29 is 23.3 Å². The molecule has 0 radical (unpaired) electrons. The summed E-state index contributed by atoms with van der Waals surface area (Å²) in [5, 5.41) is 0. The molecule has 0 nitrogen and oxygen atoms in total. The fraction of sp³-hybridized carbons (Fsp3) is 0.500. The van der Waals surface area contributed by atoms with Crippen LogP contribution in [0.5, 0.6) is 0 Å². The fourth-order valence-corrected chi connectivity index (χ4v) is 3.66. The van der Waals surface area contributed by atoms with Gasteiger partial charge in [0.2, 0.25) is 0 Å². The third-order valence-electron chi connectivity index (χ3n) is 4.52. The maximum atomic E-state index is 3.88. The molecule has 0 saturated carbocycles. The van der Waals surface area contributed by atoms with E-state index in [4.69, 9.17) is 0 Å². The third kappa shape index (κ3) is 4.32. The molecule has 0 aromatic rings. The molecule has 0 aliphatic heterocycles. The van der Waals surface area contributed by atoms with Crippen molar-refractivity contribution in [3.63, 3.8) is 0 Å². The molecule has 0 fully saturated rings. The van der Waals surface area contributed by atoms with Crippen molar-refractivity contribution in [1.29, 1.82) is 0 Å². The molecule has 0 heterocycles. The van der Waals surface area contributed by atoms with Gasteiger partial charge in [-0.3, -0.25) is 6.08 Å². The SMILES string of the molecule is CCC1=[C-]C(CC)(C2=CC=CC2)C(CC)=C1CC.[CH3-].[CH3-].[SiH2]=[Zr]. The minimum absolute atomic E-state index is 0. The van der Waals surface area contributed by atoms with Crippen LogP contribution in [-0.2, 0) is 23.3 Å². The number of hydrogen-bond acceptors (Lipinski definition) is 0. The maximum absolute atomic E-state index is 3.88. The first-order valence-corrected chi connectivity index (χ1v) is 13.7. The van der Waals surface area contributed by atoms with Gasteiger partial charge in [-0.15, -0.1) is 0 Å². The molecule has 1 atom stereocenters. The summed E-state index contributed by atoms with van der Waals surface area (Å²) in [5.74, 6) is 0. The van der Waals surface area contributed by atoms with E-state index in [2.05, 4.69) is 52.0 Å². The number of rotatable bonds is 5. The van der Waals surface area contributed by atoms with Crippen LogP contribution in [0.3, 0.4) is 0 Å². The number of hydrogen-bond donors (Lipinski definition) is 0. The molecule has 2 heteroatoms. The molecular formula is C20H33SiZr-3. The summed E-state index contributed by atoms with van der Waals surface area (Å²) in [5.41, 5.74) is 6.38. The molecule has 0 saturated heterocycles. The second kappa shape index (κ2) is 11.6. The quantitative estimate of drug-likeness (QED) is 0.427. The first-order valence-electron chi connectivity index (χ1n) is 7.81. The Balaban J connectivity index is 0. The molecule has 0 bridgehead atoms. The van der Waals surface area contributed by atoms with Crippen molar-refractivity contribution in [2.24, 2.45) is 5.41 Å². The average Bonchev–Trinajstić information content (AvgIpc) is 3.14. The molecule has 0 amide bonds. The van der Waals surface area contributed by atoms with Crippen LogP contribution in [0.25, 0.3) is 0 Å². The van der Waals surface area contributed by atoms with E-state index in [0.29, 0.717) is 0 Å². The molecule has 2 aliphatic rings. The van der Waals surface area contributed by atoms with Crippen molar-refractivity contribution in [3.05, 3.63) is 61.4 Å². The van der Waals surface area contributed by atoms with Crippen LogP contribution in [0.15, 0.2) is 40.5 Å². The molecule has 2 aliphatic carbocycles. The minimum atomic E-state index is 0. The van der Waals surface area contributed by atoms with Crippen molar-refractivity contribution in [3.8, 4) is 0 Å². The predicted octanol–water partition coefficient (Wildman–Crippen LogP) is 5.52. The third-order valence-corrected chi connectivity index (χ3v) is 4.52. The molecular weight excluding hydrogens is 360 g/mol. The van der Waals surface area contributed by atoms with Crippen LogP contribution < -0.4 is 0 Å². The Kier molecular flexibility index (Phi) is 12.8. The Morgan fingerprint density at radius 2 is 1.73 bits per heavy atom. The molecule has 0 aromatic carbocycles. The van der Waals surface area contributed by atoms with Crippen molar-refractivity contribution in [2.45, 2.75) is 59.8 Å². The van der Waals surface area contributed by atoms with E-state index in [1.165, 1.54) is 5.57 Å². The van der Waals surface area contributed by atoms with E-state index in [1.54, 1.807) is 40.1 Å². The zero-order chi connectivity index (χ0) is 15.2. The van der Waals surface area contributed by atoms with Crippen molar-refractivity contribution in [2.75, 3.05) is 0 Å². The molecule has 2 rings (SSSR count). The van der Waals surface area contributed by atoms with Crippen LogP contribution in [0.2, 0.25) is 0 Å². The van der Waals surface area contributed by atoms with Crippen LogP contribution in [0, 0.1) is 26.3 Å². The summed E-state index contributed by atoms with van der Waals surface area (Å²) in [6.45, 7) is 11.1. The van der Waals surface area contributed by atoms with E-state index in [0.717, 1.165) is 32.1 Å². The molecule has 0 aromatic heterocycles. The second-order valence-corrected chi connectivity index (χ2v) is 5.20. The predicted molar refractivity (Wildman–Crippen MR) is 101 cm³/mol. The standard InChI is InChI=1S/C18H25.2CH3.H2Si.Zr/c1-5-14-13-18(8-4,15-11-9-10-12-15)17(7-3)16(14)6-2;;;;/h9-11H,5-8,12H2,1-4H3;2*1H3;1H2;/q3*-1;;.